The molecule has 2 aromatic heterocycles. The third kappa shape index (κ3) is 11.2. The van der Waals surface area contributed by atoms with Gasteiger partial charge in [-0.3, -0.25) is 9.20 Å². The van der Waals surface area contributed by atoms with Crippen LogP contribution in [0.4, 0.5) is 10.1 Å². The minimum absolute atomic E-state index is 0.0279. The van der Waals surface area contributed by atoms with E-state index >= 15 is 4.39 Å². The number of benzene rings is 6. The summed E-state index contributed by atoms with van der Waals surface area (Å²) in [7, 11) is 7.75. The zero-order chi connectivity index (χ0) is 51.2. The highest BCUT2D eigenvalue weighted by atomic mass is 19.1. The van der Waals surface area contributed by atoms with Gasteiger partial charge < -0.3 is 39.5 Å². The predicted molar refractivity (Wildman–Crippen MR) is 280 cm³/mol. The van der Waals surface area contributed by atoms with Gasteiger partial charge in [-0.2, -0.15) is 0 Å². The largest absolute Gasteiger partial charge is 0.545 e. The monoisotopic (exact) mass is 980 g/mol. The molecule has 3 N–H and O–H groups in total. The fourth-order valence-corrected chi connectivity index (χ4v) is 9.11. The van der Waals surface area contributed by atoms with E-state index in [2.05, 4.69) is 5.32 Å². The summed E-state index contributed by atoms with van der Waals surface area (Å²) in [5, 5.41) is 38.5. The first kappa shape index (κ1) is 49.5. The predicted octanol–water partition coefficient (Wildman–Crippen LogP) is 9.26. The number of rotatable bonds is 19. The number of carboxylic acid groups (broad SMARTS) is 1. The molecule has 0 saturated carbocycles. The SMILES string of the molecule is CN(C)c1ccc2c(-c3cc(C(=O)NCCCCCCCCOc4ccc(Cc5nc6c(Cc7ccccc7)nc(-c7ccc(O)cc7)cn6c5O)cc4F)ccc3C(=O)[O-])c3ccc(=[N+](C)C)cc-3oc2c1. The standard InChI is InChI=1S/C59H57FN6O7/c1-64(2)41-20-25-45-53(34-41)73-54-35-42(65(3)4)21-26-46(54)55(45)47-33-40(19-24-44(47)59(70)71)57(68)61-28-12-7-5-6-8-13-29-72-52-27-16-38(30-48(52)60)32-50-58(69)66-36-51(39-17-22-43(67)23-18-39)62-49(56(66)63-50)31-37-14-10-9-11-15-37/h9-11,14-27,30,33-36H,5-8,12-13,28-29,31-32H2,1-4H3,(H3-,61,62,67,68,69,70,71). The average Bonchev–Trinajstić information content (AvgIpc) is 3.70. The van der Waals surface area contributed by atoms with Crippen molar-refractivity contribution >= 4 is 34.2 Å². The number of phenols is 1. The summed E-state index contributed by atoms with van der Waals surface area (Å²) in [6.45, 7) is 0.813. The van der Waals surface area contributed by atoms with E-state index in [-0.39, 0.29) is 35.3 Å². The average molecular weight is 981 g/mol. The lowest BCUT2D eigenvalue weighted by Crippen LogP contribution is -2.26. The number of aromatic carboxylic acids is 1. The molecule has 1 aliphatic carbocycles. The van der Waals surface area contributed by atoms with Crippen LogP contribution in [0.3, 0.4) is 0 Å². The van der Waals surface area contributed by atoms with Gasteiger partial charge in [0, 0.05) is 90.7 Å². The maximum Gasteiger partial charge on any atom is 0.251 e. The zero-order valence-corrected chi connectivity index (χ0v) is 41.3. The summed E-state index contributed by atoms with van der Waals surface area (Å²) in [5.74, 6) is -1.33. The van der Waals surface area contributed by atoms with Crippen LogP contribution < -0.4 is 30.0 Å². The van der Waals surface area contributed by atoms with Gasteiger partial charge in [0.15, 0.2) is 17.2 Å². The fraction of sp³-hybridized carbons (Fsp3) is 0.237. The lowest BCUT2D eigenvalue weighted by Gasteiger charge is -2.20. The highest BCUT2D eigenvalue weighted by molar-refractivity contribution is 6.09. The number of hydrogen-bond acceptors (Lipinski definition) is 10. The van der Waals surface area contributed by atoms with Crippen LogP contribution in [0.25, 0.3) is 50.3 Å². The van der Waals surface area contributed by atoms with Crippen molar-refractivity contribution in [2.75, 3.05) is 46.2 Å². The minimum atomic E-state index is -1.35. The number of carbonyl (C=O) groups is 2. The lowest BCUT2D eigenvalue weighted by atomic mass is 9.89. The first-order valence-corrected chi connectivity index (χ1v) is 24.5. The zero-order valence-electron chi connectivity index (χ0n) is 41.3. The number of unbranched alkanes of at least 4 members (excludes halogenated alkanes) is 5. The molecule has 0 spiro atoms. The second-order valence-corrected chi connectivity index (χ2v) is 18.7. The van der Waals surface area contributed by atoms with E-state index in [1.165, 1.54) is 18.2 Å². The Bertz CT molecular complexity index is 3510. The number of hydrogen-bond donors (Lipinski definition) is 3. The molecule has 9 rings (SSSR count). The number of aromatic nitrogens is 3. The van der Waals surface area contributed by atoms with Gasteiger partial charge in [-0.25, -0.2) is 18.9 Å². The molecule has 2 aliphatic rings. The molecule has 0 fully saturated rings. The second kappa shape index (κ2) is 21.9. The molecule has 73 heavy (non-hydrogen) atoms. The molecule has 0 unspecified atom stereocenters. The van der Waals surface area contributed by atoms with Crippen molar-refractivity contribution in [3.63, 3.8) is 0 Å². The van der Waals surface area contributed by atoms with E-state index in [1.54, 1.807) is 53.1 Å². The number of fused-ring (bicyclic) bond motifs is 3. The van der Waals surface area contributed by atoms with Gasteiger partial charge in [-0.15, -0.1) is 0 Å². The highest BCUT2D eigenvalue weighted by Crippen LogP contribution is 2.42. The van der Waals surface area contributed by atoms with Crippen molar-refractivity contribution in [1.29, 1.82) is 0 Å². The Morgan fingerprint density at radius 3 is 2.27 bits per heavy atom. The third-order valence-corrected chi connectivity index (χ3v) is 13.1. The highest BCUT2D eigenvalue weighted by Gasteiger charge is 2.23. The molecule has 1 aliphatic heterocycles. The summed E-state index contributed by atoms with van der Waals surface area (Å²) in [6, 6.07) is 37.5. The molecule has 1 amide bonds. The molecule has 5 aromatic carbocycles. The molecule has 7 aromatic rings. The molecule has 0 saturated heterocycles. The number of amides is 1. The van der Waals surface area contributed by atoms with Crippen molar-refractivity contribution in [2.45, 2.75) is 51.4 Å². The lowest BCUT2D eigenvalue weighted by molar-refractivity contribution is -0.254. The Morgan fingerprint density at radius 1 is 0.781 bits per heavy atom. The van der Waals surface area contributed by atoms with E-state index in [4.69, 9.17) is 19.1 Å². The van der Waals surface area contributed by atoms with Crippen LogP contribution in [0.15, 0.2) is 138 Å². The van der Waals surface area contributed by atoms with Crippen molar-refractivity contribution in [1.82, 2.24) is 24.3 Å². The molecule has 14 heteroatoms. The molecule has 372 valence electrons. The molecule has 3 heterocycles. The maximum atomic E-state index is 15.4. The van der Waals surface area contributed by atoms with Crippen LogP contribution in [0, 0.1) is 5.82 Å². The van der Waals surface area contributed by atoms with Crippen LogP contribution in [0.2, 0.25) is 0 Å². The maximum absolute atomic E-state index is 15.4. The van der Waals surface area contributed by atoms with Crippen LogP contribution >= 0.6 is 0 Å². The number of phenolic OH excluding ortho intramolecular Hbond substituents is 1. The first-order chi connectivity index (χ1) is 35.3. The van der Waals surface area contributed by atoms with E-state index in [9.17, 15) is 24.9 Å². The molecular formula is C59H57FN6O7. The Labute approximate surface area is 422 Å². The van der Waals surface area contributed by atoms with Gasteiger partial charge in [0.05, 0.1) is 30.0 Å². The second-order valence-electron chi connectivity index (χ2n) is 18.7. The number of anilines is 1. The van der Waals surface area contributed by atoms with E-state index in [0.717, 1.165) is 60.7 Å². The summed E-state index contributed by atoms with van der Waals surface area (Å²) < 4.78 is 31.2. The minimum Gasteiger partial charge on any atom is -0.545 e. The van der Waals surface area contributed by atoms with Gasteiger partial charge in [0.1, 0.15) is 36.9 Å². The third-order valence-electron chi connectivity index (χ3n) is 13.1. The topological polar surface area (TPSA) is 168 Å². The van der Waals surface area contributed by atoms with Gasteiger partial charge >= 0.3 is 0 Å². The van der Waals surface area contributed by atoms with Gasteiger partial charge in [0.25, 0.3) is 5.91 Å². The van der Waals surface area contributed by atoms with Gasteiger partial charge in [0.2, 0.25) is 11.2 Å². The van der Waals surface area contributed by atoms with Crippen molar-refractivity contribution in [3.8, 4) is 51.1 Å². The molecule has 13 nitrogen and oxygen atoms in total. The molecule has 0 radical (unpaired) electrons. The van der Waals surface area contributed by atoms with Crippen LogP contribution in [0.1, 0.15) is 81.8 Å². The van der Waals surface area contributed by atoms with Crippen molar-refractivity contribution in [3.05, 3.63) is 178 Å². The molecule has 0 bridgehead atoms. The number of carboxylic acids is 1. The number of carbonyl (C=O) groups excluding carboxylic acids is 2. The first-order valence-electron chi connectivity index (χ1n) is 24.5. The fourth-order valence-electron chi connectivity index (χ4n) is 9.11. The van der Waals surface area contributed by atoms with Crippen LogP contribution in [0.5, 0.6) is 17.4 Å². The van der Waals surface area contributed by atoms with Crippen LogP contribution in [-0.2, 0) is 12.8 Å². The number of ether oxygens (including phenoxy) is 1. The quantitative estimate of drug-likeness (QED) is 0.0404. The summed E-state index contributed by atoms with van der Waals surface area (Å²) in [6.07, 6.45) is 7.58. The van der Waals surface area contributed by atoms with Gasteiger partial charge in [-0.1, -0.05) is 68.1 Å². The van der Waals surface area contributed by atoms with Gasteiger partial charge in [-0.05, 0) is 96.3 Å². The number of nitrogens with one attached hydrogen (secondary N) is 1. The Balaban J connectivity index is 0.764. The van der Waals surface area contributed by atoms with Crippen molar-refractivity contribution in [2.24, 2.45) is 0 Å². The number of halogens is 1. The number of aromatic hydroxyl groups is 2. The Hall–Kier alpha value is -8.52. The molecular weight excluding hydrogens is 924 g/mol. The Morgan fingerprint density at radius 2 is 1.53 bits per heavy atom. The molecule has 0 atom stereocenters. The summed E-state index contributed by atoms with van der Waals surface area (Å²) in [5.41, 5.74) is 8.09. The number of imidazole rings is 1. The normalized spacial score (nSPS) is 11.4. The summed E-state index contributed by atoms with van der Waals surface area (Å²) in [4.78, 5) is 37.8. The van der Waals surface area contributed by atoms with E-state index < -0.39 is 11.8 Å². The smallest absolute Gasteiger partial charge is 0.251 e. The number of nitrogens with zero attached hydrogens (tertiary/aromatic N) is 5. The van der Waals surface area contributed by atoms with Crippen LogP contribution in [-0.4, -0.2) is 77.8 Å². The summed E-state index contributed by atoms with van der Waals surface area (Å²) >= 11 is 0. The van der Waals surface area contributed by atoms with E-state index in [0.29, 0.717) is 86.8 Å². The Kier molecular flexibility index (Phi) is 14.8. The van der Waals surface area contributed by atoms with Crippen molar-refractivity contribution < 1.29 is 38.5 Å². The van der Waals surface area contributed by atoms with E-state index in [1.807, 2.05) is 104 Å².